The predicted molar refractivity (Wildman–Crippen MR) is 101 cm³/mol. The van der Waals surface area contributed by atoms with Crippen LogP contribution < -0.4 is 4.74 Å². The van der Waals surface area contributed by atoms with Crippen LogP contribution in [0.2, 0.25) is 0 Å². The first-order chi connectivity index (χ1) is 12.7. The molecule has 2 rings (SSSR count). The van der Waals surface area contributed by atoms with Gasteiger partial charge in [0.15, 0.2) is 0 Å². The third kappa shape index (κ3) is 6.04. The quantitative estimate of drug-likeness (QED) is 0.683. The molecule has 1 aliphatic carbocycles. The molecule has 1 saturated carbocycles. The van der Waals surface area contributed by atoms with Crippen LogP contribution >= 0.6 is 0 Å². The molecule has 1 aromatic carbocycles. The maximum Gasteiger partial charge on any atom is 0.307 e. The average molecular weight is 361 g/mol. The Bertz CT molecular complexity index is 562. The van der Waals surface area contributed by atoms with Crippen LogP contribution in [0.1, 0.15) is 68.6 Å². The van der Waals surface area contributed by atoms with Gasteiger partial charge in [0.05, 0.1) is 20.1 Å². The zero-order valence-electron chi connectivity index (χ0n) is 16.0. The SMILES string of the molecule is CCOC(=O)CCN(C(=O)c1ccc(OC)cc1)C1CCCCCCC1. The maximum atomic E-state index is 13.1. The highest BCUT2D eigenvalue weighted by atomic mass is 16.5. The number of esters is 1. The van der Waals surface area contributed by atoms with E-state index in [0.717, 1.165) is 31.4 Å². The second kappa shape index (κ2) is 10.8. The highest BCUT2D eigenvalue weighted by molar-refractivity contribution is 5.94. The van der Waals surface area contributed by atoms with Gasteiger partial charge >= 0.3 is 5.97 Å². The zero-order chi connectivity index (χ0) is 18.8. The molecule has 144 valence electrons. The van der Waals surface area contributed by atoms with E-state index in [2.05, 4.69) is 0 Å². The van der Waals surface area contributed by atoms with Crippen LogP contribution in [0.3, 0.4) is 0 Å². The number of hydrogen-bond donors (Lipinski definition) is 0. The fourth-order valence-corrected chi connectivity index (χ4v) is 3.54. The summed E-state index contributed by atoms with van der Waals surface area (Å²) in [6.07, 6.45) is 8.24. The van der Waals surface area contributed by atoms with Crippen molar-refractivity contribution in [3.63, 3.8) is 0 Å². The molecule has 1 fully saturated rings. The van der Waals surface area contributed by atoms with Gasteiger partial charge in [0, 0.05) is 18.2 Å². The minimum Gasteiger partial charge on any atom is -0.497 e. The van der Waals surface area contributed by atoms with E-state index >= 15 is 0 Å². The number of rotatable bonds is 7. The number of benzene rings is 1. The minimum absolute atomic E-state index is 0.0116. The second-order valence-electron chi connectivity index (χ2n) is 6.78. The molecule has 1 amide bonds. The van der Waals surface area contributed by atoms with Crippen LogP contribution in [0, 0.1) is 0 Å². The Morgan fingerprint density at radius 1 is 1.04 bits per heavy atom. The Balaban J connectivity index is 2.13. The number of carbonyl (C=O) groups excluding carboxylic acids is 2. The van der Waals surface area contributed by atoms with Crippen molar-refractivity contribution >= 4 is 11.9 Å². The fourth-order valence-electron chi connectivity index (χ4n) is 3.54. The molecule has 0 heterocycles. The van der Waals surface area contributed by atoms with Crippen molar-refractivity contribution in [2.75, 3.05) is 20.3 Å². The van der Waals surface area contributed by atoms with Crippen LogP contribution in [0.5, 0.6) is 5.75 Å². The van der Waals surface area contributed by atoms with Crippen LogP contribution in [0.4, 0.5) is 0 Å². The van der Waals surface area contributed by atoms with Gasteiger partial charge in [-0.1, -0.05) is 32.1 Å². The van der Waals surface area contributed by atoms with Crippen LogP contribution in [-0.2, 0) is 9.53 Å². The standard InChI is InChI=1S/C21H31NO4/c1-3-26-20(23)15-16-22(18-9-7-5-4-6-8-10-18)21(24)17-11-13-19(25-2)14-12-17/h11-14,18H,3-10,15-16H2,1-2H3. The van der Waals surface area contributed by atoms with Crippen LogP contribution in [-0.4, -0.2) is 43.1 Å². The van der Waals surface area contributed by atoms with Crippen molar-refractivity contribution in [3.8, 4) is 5.75 Å². The van der Waals surface area contributed by atoms with Crippen LogP contribution in [0.25, 0.3) is 0 Å². The van der Waals surface area contributed by atoms with Crippen molar-refractivity contribution in [1.82, 2.24) is 4.90 Å². The van der Waals surface area contributed by atoms with Crippen LogP contribution in [0.15, 0.2) is 24.3 Å². The first-order valence-corrected chi connectivity index (χ1v) is 9.76. The van der Waals surface area contributed by atoms with Gasteiger partial charge in [0.2, 0.25) is 0 Å². The van der Waals surface area contributed by atoms with Crippen molar-refractivity contribution in [1.29, 1.82) is 0 Å². The number of nitrogens with zero attached hydrogens (tertiary/aromatic N) is 1. The Morgan fingerprint density at radius 2 is 1.65 bits per heavy atom. The topological polar surface area (TPSA) is 55.8 Å². The lowest BCUT2D eigenvalue weighted by atomic mass is 9.95. The smallest absolute Gasteiger partial charge is 0.307 e. The molecule has 0 N–H and O–H groups in total. The summed E-state index contributed by atoms with van der Waals surface area (Å²) in [5, 5.41) is 0. The Morgan fingerprint density at radius 3 is 2.23 bits per heavy atom. The summed E-state index contributed by atoms with van der Waals surface area (Å²) in [6, 6.07) is 7.38. The third-order valence-electron chi connectivity index (χ3n) is 4.98. The molecule has 1 aromatic rings. The molecule has 0 aliphatic heterocycles. The fraction of sp³-hybridized carbons (Fsp3) is 0.619. The van der Waals surface area contributed by atoms with Crippen molar-refractivity contribution in [2.24, 2.45) is 0 Å². The lowest BCUT2D eigenvalue weighted by Crippen LogP contribution is -2.42. The first kappa shape index (κ1) is 20.3. The zero-order valence-corrected chi connectivity index (χ0v) is 16.0. The number of ether oxygens (including phenoxy) is 2. The third-order valence-corrected chi connectivity index (χ3v) is 4.98. The van der Waals surface area contributed by atoms with Gasteiger partial charge in [-0.2, -0.15) is 0 Å². The van der Waals surface area contributed by atoms with E-state index in [9.17, 15) is 9.59 Å². The molecule has 5 nitrogen and oxygen atoms in total. The van der Waals surface area contributed by atoms with E-state index in [0.29, 0.717) is 18.7 Å². The van der Waals surface area contributed by atoms with Crippen molar-refractivity contribution in [2.45, 2.75) is 64.3 Å². The highest BCUT2D eigenvalue weighted by Crippen LogP contribution is 2.24. The van der Waals surface area contributed by atoms with E-state index in [1.807, 2.05) is 4.90 Å². The lowest BCUT2D eigenvalue weighted by Gasteiger charge is -2.33. The van der Waals surface area contributed by atoms with Gasteiger partial charge in [0.25, 0.3) is 5.91 Å². The van der Waals surface area contributed by atoms with Crippen molar-refractivity contribution < 1.29 is 19.1 Å². The Kier molecular flexibility index (Phi) is 8.45. The maximum absolute atomic E-state index is 13.1. The van der Waals surface area contributed by atoms with Gasteiger partial charge in [-0.15, -0.1) is 0 Å². The first-order valence-electron chi connectivity index (χ1n) is 9.76. The second-order valence-corrected chi connectivity index (χ2v) is 6.78. The van der Waals surface area contributed by atoms with Gasteiger partial charge in [-0.3, -0.25) is 9.59 Å². The summed E-state index contributed by atoms with van der Waals surface area (Å²) in [5.41, 5.74) is 0.636. The molecule has 0 atom stereocenters. The lowest BCUT2D eigenvalue weighted by molar-refractivity contribution is -0.143. The van der Waals surface area contributed by atoms with E-state index in [1.54, 1.807) is 38.3 Å². The molecule has 5 heteroatoms. The van der Waals surface area contributed by atoms with Gasteiger partial charge in [-0.05, 0) is 44.0 Å². The summed E-state index contributed by atoms with van der Waals surface area (Å²) in [4.78, 5) is 26.9. The Labute approximate surface area is 156 Å². The van der Waals surface area contributed by atoms with E-state index < -0.39 is 0 Å². The minimum atomic E-state index is -0.245. The molecule has 0 unspecified atom stereocenters. The molecule has 0 saturated heterocycles. The summed E-state index contributed by atoms with van der Waals surface area (Å²) in [7, 11) is 1.61. The number of methoxy groups -OCH3 is 1. The molecular formula is C21H31NO4. The highest BCUT2D eigenvalue weighted by Gasteiger charge is 2.26. The summed E-state index contributed by atoms with van der Waals surface area (Å²) < 4.78 is 10.2. The average Bonchev–Trinajstić information content (AvgIpc) is 2.63. The van der Waals surface area contributed by atoms with E-state index in [1.165, 1.54) is 19.3 Å². The predicted octanol–water partition coefficient (Wildman–Crippen LogP) is 4.20. The Hall–Kier alpha value is -2.04. The summed E-state index contributed by atoms with van der Waals surface area (Å²) in [6.45, 7) is 2.58. The molecule has 0 aromatic heterocycles. The number of amides is 1. The van der Waals surface area contributed by atoms with Gasteiger partial charge in [0.1, 0.15) is 5.75 Å². The molecule has 0 radical (unpaired) electrons. The van der Waals surface area contributed by atoms with Crippen molar-refractivity contribution in [3.05, 3.63) is 29.8 Å². The molecular weight excluding hydrogens is 330 g/mol. The largest absolute Gasteiger partial charge is 0.497 e. The molecule has 26 heavy (non-hydrogen) atoms. The van der Waals surface area contributed by atoms with Gasteiger partial charge in [-0.25, -0.2) is 0 Å². The van der Waals surface area contributed by atoms with E-state index in [-0.39, 0.29) is 24.3 Å². The normalized spacial score (nSPS) is 15.6. The summed E-state index contributed by atoms with van der Waals surface area (Å²) >= 11 is 0. The van der Waals surface area contributed by atoms with E-state index in [4.69, 9.17) is 9.47 Å². The molecule has 1 aliphatic rings. The number of carbonyl (C=O) groups is 2. The van der Waals surface area contributed by atoms with Gasteiger partial charge < -0.3 is 14.4 Å². The molecule has 0 bridgehead atoms. The number of hydrogen-bond acceptors (Lipinski definition) is 4. The molecule has 0 spiro atoms. The summed E-state index contributed by atoms with van der Waals surface area (Å²) in [5.74, 6) is 0.471. The monoisotopic (exact) mass is 361 g/mol.